The number of halogens is 4. The van der Waals surface area contributed by atoms with Gasteiger partial charge >= 0.3 is 0 Å². The fourth-order valence-electron chi connectivity index (χ4n) is 2.34. The van der Waals surface area contributed by atoms with E-state index in [9.17, 15) is 13.6 Å². The Morgan fingerprint density at radius 3 is 2.33 bits per heavy atom. The van der Waals surface area contributed by atoms with E-state index >= 15 is 0 Å². The van der Waals surface area contributed by atoms with Gasteiger partial charge in [0.1, 0.15) is 11.6 Å². The smallest absolute Gasteiger partial charge is 0.228 e. The van der Waals surface area contributed by atoms with Crippen LogP contribution in [0, 0.1) is 11.6 Å². The number of benzene rings is 2. The lowest BCUT2D eigenvalue weighted by molar-refractivity contribution is -0.115. The number of rotatable bonds is 5. The van der Waals surface area contributed by atoms with E-state index in [4.69, 9.17) is 23.2 Å². The van der Waals surface area contributed by atoms with Crippen LogP contribution in [-0.4, -0.2) is 16.1 Å². The van der Waals surface area contributed by atoms with E-state index in [0.717, 1.165) is 18.2 Å². The molecule has 1 amide bonds. The molecule has 0 bridgehead atoms. The van der Waals surface area contributed by atoms with Crippen molar-refractivity contribution in [1.82, 2.24) is 10.2 Å². The summed E-state index contributed by atoms with van der Waals surface area (Å²) in [5.74, 6) is -1.62. The zero-order valence-electron chi connectivity index (χ0n) is 13.6. The number of amides is 1. The second-order valence-corrected chi connectivity index (χ2v) is 6.35. The first kappa shape index (κ1) is 19.0. The number of nitrogens with zero attached hydrogens (tertiary/aromatic N) is 2. The zero-order valence-corrected chi connectivity index (χ0v) is 15.2. The van der Waals surface area contributed by atoms with Crippen LogP contribution in [0.5, 0.6) is 0 Å². The lowest BCUT2D eigenvalue weighted by Gasteiger charge is -2.10. The number of aromatic nitrogens is 2. The van der Waals surface area contributed by atoms with Gasteiger partial charge < -0.3 is 10.6 Å². The molecule has 9 heteroatoms. The predicted molar refractivity (Wildman–Crippen MR) is 100 cm³/mol. The van der Waals surface area contributed by atoms with Crippen LogP contribution in [0.2, 0.25) is 10.0 Å². The first-order chi connectivity index (χ1) is 12.9. The molecular weight excluding hydrogens is 397 g/mol. The Morgan fingerprint density at radius 1 is 1.00 bits per heavy atom. The molecule has 0 spiro atoms. The molecule has 0 aliphatic carbocycles. The zero-order chi connectivity index (χ0) is 19.4. The van der Waals surface area contributed by atoms with Crippen molar-refractivity contribution in [2.24, 2.45) is 0 Å². The van der Waals surface area contributed by atoms with Gasteiger partial charge in [-0.15, -0.1) is 5.10 Å². The number of nitrogens with one attached hydrogen (secondary N) is 2. The van der Waals surface area contributed by atoms with Gasteiger partial charge in [0.05, 0.1) is 18.3 Å². The minimum absolute atomic E-state index is 0.0291. The Morgan fingerprint density at radius 2 is 1.67 bits per heavy atom. The van der Waals surface area contributed by atoms with Crippen molar-refractivity contribution in [2.45, 2.75) is 6.42 Å². The van der Waals surface area contributed by atoms with Crippen LogP contribution in [0.3, 0.4) is 0 Å². The Hall–Kier alpha value is -2.77. The molecule has 27 heavy (non-hydrogen) atoms. The monoisotopic (exact) mass is 408 g/mol. The summed E-state index contributed by atoms with van der Waals surface area (Å²) in [4.78, 5) is 12.2. The summed E-state index contributed by atoms with van der Waals surface area (Å²) in [7, 11) is 0. The molecule has 2 aromatic carbocycles. The molecule has 2 N–H and O–H groups in total. The van der Waals surface area contributed by atoms with Gasteiger partial charge in [-0.05, 0) is 29.8 Å². The minimum atomic E-state index is -0.730. The van der Waals surface area contributed by atoms with E-state index in [0.29, 0.717) is 21.3 Å². The SMILES string of the molecule is O=C(Cc1c(Cl)cccc1Cl)Nc1cnnc(Nc2cc(F)cc(F)c2)c1. The van der Waals surface area contributed by atoms with Gasteiger partial charge in [-0.1, -0.05) is 29.3 Å². The van der Waals surface area contributed by atoms with Gasteiger partial charge in [-0.2, -0.15) is 5.10 Å². The van der Waals surface area contributed by atoms with E-state index < -0.39 is 11.6 Å². The highest BCUT2D eigenvalue weighted by Gasteiger charge is 2.12. The summed E-state index contributed by atoms with van der Waals surface area (Å²) in [6, 6.07) is 9.42. The average Bonchev–Trinajstić information content (AvgIpc) is 2.58. The van der Waals surface area contributed by atoms with Crippen molar-refractivity contribution in [1.29, 1.82) is 0 Å². The van der Waals surface area contributed by atoms with Gasteiger partial charge in [0, 0.05) is 27.9 Å². The first-order valence-corrected chi connectivity index (χ1v) is 8.45. The van der Waals surface area contributed by atoms with Crippen molar-refractivity contribution in [3.05, 3.63) is 75.9 Å². The highest BCUT2D eigenvalue weighted by molar-refractivity contribution is 6.36. The third kappa shape index (κ3) is 5.12. The molecule has 0 saturated carbocycles. The molecule has 0 saturated heterocycles. The molecule has 0 aliphatic heterocycles. The Labute approximate surface area is 163 Å². The van der Waals surface area contributed by atoms with Crippen LogP contribution in [0.4, 0.5) is 26.0 Å². The molecule has 1 aromatic heterocycles. The normalized spacial score (nSPS) is 10.5. The molecule has 1 heterocycles. The van der Waals surface area contributed by atoms with Gasteiger partial charge in [-0.3, -0.25) is 4.79 Å². The molecule has 0 atom stereocenters. The number of hydrogen-bond donors (Lipinski definition) is 2. The van der Waals surface area contributed by atoms with Gasteiger partial charge in [0.15, 0.2) is 5.82 Å². The molecule has 3 rings (SSSR count). The second-order valence-electron chi connectivity index (χ2n) is 5.54. The molecule has 0 aliphatic rings. The van der Waals surface area contributed by atoms with Crippen molar-refractivity contribution >= 4 is 46.3 Å². The third-order valence-electron chi connectivity index (χ3n) is 3.47. The maximum atomic E-state index is 13.3. The van der Waals surface area contributed by atoms with Crippen molar-refractivity contribution < 1.29 is 13.6 Å². The Balaban J connectivity index is 1.71. The highest BCUT2D eigenvalue weighted by atomic mass is 35.5. The standard InChI is InChI=1S/C18H12Cl2F2N4O/c19-15-2-1-3-16(20)14(15)8-18(27)25-13-7-17(26-23-9-13)24-12-5-10(21)4-11(22)6-12/h1-7,9H,8H2,(H2,24,25,26,27). The van der Waals surface area contributed by atoms with Crippen LogP contribution >= 0.6 is 23.2 Å². The molecule has 5 nitrogen and oxygen atoms in total. The van der Waals surface area contributed by atoms with Crippen molar-refractivity contribution in [3.63, 3.8) is 0 Å². The number of anilines is 3. The topological polar surface area (TPSA) is 66.9 Å². The first-order valence-electron chi connectivity index (χ1n) is 7.69. The molecule has 3 aromatic rings. The third-order valence-corrected chi connectivity index (χ3v) is 4.18. The molecule has 0 unspecified atom stereocenters. The summed E-state index contributed by atoms with van der Waals surface area (Å²) >= 11 is 12.1. The molecule has 0 radical (unpaired) electrons. The maximum absolute atomic E-state index is 13.3. The molecular formula is C18H12Cl2F2N4O. The molecule has 0 fully saturated rings. The lowest BCUT2D eigenvalue weighted by Crippen LogP contribution is -2.15. The average molecular weight is 409 g/mol. The van der Waals surface area contributed by atoms with Crippen molar-refractivity contribution in [3.8, 4) is 0 Å². The quantitative estimate of drug-likeness (QED) is 0.624. The van der Waals surface area contributed by atoms with E-state index in [1.807, 2.05) is 0 Å². The minimum Gasteiger partial charge on any atom is -0.338 e. The van der Waals surface area contributed by atoms with Crippen molar-refractivity contribution in [2.75, 3.05) is 10.6 Å². The fraction of sp³-hybridized carbons (Fsp3) is 0.0556. The summed E-state index contributed by atoms with van der Waals surface area (Å²) in [5, 5.41) is 13.7. The summed E-state index contributed by atoms with van der Waals surface area (Å²) in [6.45, 7) is 0. The van der Waals surface area contributed by atoms with E-state index in [-0.39, 0.29) is 23.8 Å². The summed E-state index contributed by atoms with van der Waals surface area (Å²) < 4.78 is 26.5. The lowest BCUT2D eigenvalue weighted by atomic mass is 10.1. The van der Waals surface area contributed by atoms with E-state index in [2.05, 4.69) is 20.8 Å². The van der Waals surface area contributed by atoms with Gasteiger partial charge in [-0.25, -0.2) is 8.78 Å². The maximum Gasteiger partial charge on any atom is 0.228 e. The van der Waals surface area contributed by atoms with Gasteiger partial charge in [0.2, 0.25) is 5.91 Å². The van der Waals surface area contributed by atoms with Gasteiger partial charge in [0.25, 0.3) is 0 Å². The summed E-state index contributed by atoms with van der Waals surface area (Å²) in [6.07, 6.45) is 1.31. The van der Waals surface area contributed by atoms with Crippen LogP contribution in [-0.2, 0) is 11.2 Å². The second kappa shape index (κ2) is 8.28. The highest BCUT2D eigenvalue weighted by Crippen LogP contribution is 2.25. The predicted octanol–water partition coefficient (Wildman–Crippen LogP) is 4.99. The van der Waals surface area contributed by atoms with Crippen LogP contribution in [0.15, 0.2) is 48.7 Å². The van der Waals surface area contributed by atoms with Crippen LogP contribution in [0.25, 0.3) is 0 Å². The Kier molecular flexibility index (Phi) is 5.83. The summed E-state index contributed by atoms with van der Waals surface area (Å²) in [5.41, 5.74) is 1.01. The number of carbonyl (C=O) groups is 1. The van der Waals surface area contributed by atoms with Crippen LogP contribution < -0.4 is 10.6 Å². The fourth-order valence-corrected chi connectivity index (χ4v) is 2.87. The number of carbonyl (C=O) groups excluding carboxylic acids is 1. The number of hydrogen-bond acceptors (Lipinski definition) is 4. The van der Waals surface area contributed by atoms with Crippen LogP contribution in [0.1, 0.15) is 5.56 Å². The Bertz CT molecular complexity index is 960. The largest absolute Gasteiger partial charge is 0.338 e. The molecule has 138 valence electrons. The van der Waals surface area contributed by atoms with E-state index in [1.54, 1.807) is 18.2 Å². The van der Waals surface area contributed by atoms with E-state index in [1.165, 1.54) is 12.3 Å².